The molecule has 0 unspecified atom stereocenters. The number of hydrogen-bond donors (Lipinski definition) is 2. The molecule has 1 saturated carbocycles. The van der Waals surface area contributed by atoms with E-state index in [9.17, 15) is 9.59 Å². The van der Waals surface area contributed by atoms with Gasteiger partial charge in [-0.2, -0.15) is 0 Å². The van der Waals surface area contributed by atoms with Gasteiger partial charge in [0.1, 0.15) is 5.82 Å². The first-order valence-corrected chi connectivity index (χ1v) is 11.1. The molecule has 1 aromatic heterocycles. The molecular formula is C20H26ClN5O2S. The Morgan fingerprint density at radius 2 is 1.97 bits per heavy atom. The molecule has 7 nitrogen and oxygen atoms in total. The first-order chi connectivity index (χ1) is 13.9. The van der Waals surface area contributed by atoms with E-state index >= 15 is 0 Å². The third-order valence-corrected chi connectivity index (χ3v) is 6.53. The number of carbonyl (C=O) groups is 2. The molecule has 1 aliphatic carbocycles. The molecule has 156 valence electrons. The summed E-state index contributed by atoms with van der Waals surface area (Å²) in [7, 11) is 1.79. The van der Waals surface area contributed by atoms with Crippen LogP contribution in [-0.4, -0.2) is 38.4 Å². The van der Waals surface area contributed by atoms with E-state index in [0.717, 1.165) is 6.42 Å². The topological polar surface area (TPSA) is 88.9 Å². The summed E-state index contributed by atoms with van der Waals surface area (Å²) in [6.07, 6.45) is 4.70. The summed E-state index contributed by atoms with van der Waals surface area (Å²) in [6, 6.07) is 7.32. The van der Waals surface area contributed by atoms with Gasteiger partial charge in [-0.15, -0.1) is 10.2 Å². The second kappa shape index (κ2) is 10.1. The Morgan fingerprint density at radius 1 is 1.21 bits per heavy atom. The average Bonchev–Trinajstić information content (AvgIpc) is 3.03. The molecule has 1 fully saturated rings. The number of thioether (sulfide) groups is 1. The molecule has 1 aliphatic rings. The zero-order chi connectivity index (χ0) is 20.8. The second-order valence-electron chi connectivity index (χ2n) is 7.39. The van der Waals surface area contributed by atoms with Gasteiger partial charge >= 0.3 is 0 Å². The van der Waals surface area contributed by atoms with Crippen molar-refractivity contribution in [3.05, 3.63) is 35.1 Å². The molecule has 9 heteroatoms. The number of amides is 2. The lowest BCUT2D eigenvalue weighted by Crippen LogP contribution is -2.41. The zero-order valence-electron chi connectivity index (χ0n) is 16.7. The lowest BCUT2D eigenvalue weighted by atomic mass is 9.86. The Hall–Kier alpha value is -2.06. The number of rotatable bonds is 7. The number of aromatic nitrogens is 3. The fourth-order valence-electron chi connectivity index (χ4n) is 3.43. The molecule has 29 heavy (non-hydrogen) atoms. The summed E-state index contributed by atoms with van der Waals surface area (Å²) >= 11 is 7.39. The number of carbonyl (C=O) groups excluding carboxylic acids is 2. The van der Waals surface area contributed by atoms with E-state index in [1.807, 2.05) is 0 Å². The van der Waals surface area contributed by atoms with Crippen molar-refractivity contribution < 1.29 is 9.59 Å². The summed E-state index contributed by atoms with van der Waals surface area (Å²) < 4.78 is 1.74. The lowest BCUT2D eigenvalue weighted by molar-refractivity contribution is -0.120. The predicted molar refractivity (Wildman–Crippen MR) is 115 cm³/mol. The van der Waals surface area contributed by atoms with Crippen molar-refractivity contribution in [3.8, 4) is 0 Å². The summed E-state index contributed by atoms with van der Waals surface area (Å²) in [5.74, 6) is 1.11. The molecule has 0 radical (unpaired) electrons. The Labute approximate surface area is 180 Å². The first-order valence-electron chi connectivity index (χ1n) is 9.79. The number of halogens is 1. The normalized spacial score (nSPS) is 19.0. The van der Waals surface area contributed by atoms with E-state index in [4.69, 9.17) is 11.6 Å². The third kappa shape index (κ3) is 5.96. The smallest absolute Gasteiger partial charge is 0.232 e. The molecule has 0 aliphatic heterocycles. The largest absolute Gasteiger partial charge is 0.352 e. The van der Waals surface area contributed by atoms with Crippen LogP contribution < -0.4 is 10.6 Å². The van der Waals surface area contributed by atoms with Gasteiger partial charge in [0, 0.05) is 13.1 Å². The Balaban J connectivity index is 1.50. The van der Waals surface area contributed by atoms with Crippen LogP contribution >= 0.6 is 23.4 Å². The Bertz CT molecular complexity index is 872. The standard InChI is InChI=1S/C20H26ClN5O2S/c1-13-7-3-5-9-15(13)22-19(28)12-29-20-25-24-17(26(20)2)11-18(27)23-16-10-6-4-8-14(16)21/h4,6,8,10,13,15H,3,5,7,9,11-12H2,1-2H3,(H,22,28)(H,23,27)/t13-,15-/m1/s1. The number of hydrogen-bond acceptors (Lipinski definition) is 5. The van der Waals surface area contributed by atoms with Crippen LogP contribution in [0.3, 0.4) is 0 Å². The zero-order valence-corrected chi connectivity index (χ0v) is 18.2. The van der Waals surface area contributed by atoms with Crippen LogP contribution in [0.5, 0.6) is 0 Å². The van der Waals surface area contributed by atoms with E-state index in [-0.39, 0.29) is 30.0 Å². The molecule has 2 aromatic rings. The molecule has 0 bridgehead atoms. The molecule has 0 spiro atoms. The quantitative estimate of drug-likeness (QED) is 0.650. The highest BCUT2D eigenvalue weighted by Gasteiger charge is 2.23. The number of para-hydroxylation sites is 1. The minimum Gasteiger partial charge on any atom is -0.352 e. The Kier molecular flexibility index (Phi) is 7.55. The Morgan fingerprint density at radius 3 is 2.72 bits per heavy atom. The molecule has 0 saturated heterocycles. The van der Waals surface area contributed by atoms with Crippen molar-refractivity contribution in [2.24, 2.45) is 13.0 Å². The van der Waals surface area contributed by atoms with Gasteiger partial charge < -0.3 is 15.2 Å². The molecule has 2 N–H and O–H groups in total. The molecule has 2 atom stereocenters. The highest BCUT2D eigenvalue weighted by Crippen LogP contribution is 2.24. The molecule has 1 aromatic carbocycles. The minimum atomic E-state index is -0.228. The van der Waals surface area contributed by atoms with Gasteiger partial charge in [0.05, 0.1) is 22.9 Å². The fourth-order valence-corrected chi connectivity index (χ4v) is 4.36. The van der Waals surface area contributed by atoms with E-state index in [2.05, 4.69) is 27.8 Å². The monoisotopic (exact) mass is 435 g/mol. The van der Waals surface area contributed by atoms with Crippen LogP contribution in [-0.2, 0) is 23.1 Å². The van der Waals surface area contributed by atoms with E-state index in [1.165, 1.54) is 31.0 Å². The van der Waals surface area contributed by atoms with Crippen molar-refractivity contribution in [1.29, 1.82) is 0 Å². The van der Waals surface area contributed by atoms with Gasteiger partial charge in [0.2, 0.25) is 11.8 Å². The van der Waals surface area contributed by atoms with Crippen molar-refractivity contribution in [2.75, 3.05) is 11.1 Å². The number of nitrogens with zero attached hydrogens (tertiary/aromatic N) is 3. The van der Waals surface area contributed by atoms with Gasteiger partial charge in [0.25, 0.3) is 0 Å². The highest BCUT2D eigenvalue weighted by atomic mass is 35.5. The minimum absolute atomic E-state index is 0.00904. The maximum absolute atomic E-state index is 12.3. The van der Waals surface area contributed by atoms with Gasteiger partial charge in [0.15, 0.2) is 5.16 Å². The van der Waals surface area contributed by atoms with E-state index in [0.29, 0.717) is 27.6 Å². The predicted octanol–water partition coefficient (Wildman–Crippen LogP) is 3.44. The molecule has 2 amide bonds. The van der Waals surface area contributed by atoms with Gasteiger partial charge in [-0.05, 0) is 30.9 Å². The van der Waals surface area contributed by atoms with E-state index in [1.54, 1.807) is 35.9 Å². The SMILES string of the molecule is C[C@@H]1CCCC[C@H]1NC(=O)CSc1nnc(CC(=O)Nc2ccccc2Cl)n1C. The van der Waals surface area contributed by atoms with Crippen LogP contribution in [0.4, 0.5) is 5.69 Å². The van der Waals surface area contributed by atoms with Crippen LogP contribution in [0.25, 0.3) is 0 Å². The number of anilines is 1. The maximum atomic E-state index is 12.3. The first kappa shape index (κ1) is 21.6. The molecule has 1 heterocycles. The van der Waals surface area contributed by atoms with Crippen molar-refractivity contribution in [3.63, 3.8) is 0 Å². The molecular weight excluding hydrogens is 410 g/mol. The summed E-state index contributed by atoms with van der Waals surface area (Å²) in [5, 5.41) is 15.2. The van der Waals surface area contributed by atoms with Gasteiger partial charge in [-0.3, -0.25) is 9.59 Å². The summed E-state index contributed by atoms with van der Waals surface area (Å²) in [6.45, 7) is 2.19. The fraction of sp³-hybridized carbons (Fsp3) is 0.500. The second-order valence-corrected chi connectivity index (χ2v) is 8.74. The third-order valence-electron chi connectivity index (χ3n) is 5.18. The average molecular weight is 436 g/mol. The van der Waals surface area contributed by atoms with Crippen LogP contribution in [0.1, 0.15) is 38.4 Å². The van der Waals surface area contributed by atoms with Crippen molar-refractivity contribution in [1.82, 2.24) is 20.1 Å². The lowest BCUT2D eigenvalue weighted by Gasteiger charge is -2.29. The maximum Gasteiger partial charge on any atom is 0.232 e. The summed E-state index contributed by atoms with van der Waals surface area (Å²) in [4.78, 5) is 24.6. The van der Waals surface area contributed by atoms with E-state index < -0.39 is 0 Å². The summed E-state index contributed by atoms with van der Waals surface area (Å²) in [5.41, 5.74) is 0.560. The van der Waals surface area contributed by atoms with Crippen LogP contribution in [0.2, 0.25) is 5.02 Å². The molecule has 3 rings (SSSR count). The van der Waals surface area contributed by atoms with Crippen molar-refractivity contribution in [2.45, 2.75) is 50.2 Å². The number of benzene rings is 1. The van der Waals surface area contributed by atoms with Gasteiger partial charge in [-0.1, -0.05) is 55.3 Å². The highest BCUT2D eigenvalue weighted by molar-refractivity contribution is 7.99. The number of nitrogens with one attached hydrogen (secondary N) is 2. The van der Waals surface area contributed by atoms with Gasteiger partial charge in [-0.25, -0.2) is 0 Å². The van der Waals surface area contributed by atoms with Crippen LogP contribution in [0, 0.1) is 5.92 Å². The van der Waals surface area contributed by atoms with Crippen molar-refractivity contribution >= 4 is 40.9 Å². The van der Waals surface area contributed by atoms with Crippen LogP contribution in [0.15, 0.2) is 29.4 Å².